The van der Waals surface area contributed by atoms with Crippen molar-refractivity contribution in [1.29, 1.82) is 0 Å². The summed E-state index contributed by atoms with van der Waals surface area (Å²) >= 11 is 3.58. The standard InChI is InChI=1S/C17H16BrNO/c1-12-9-15-14(10-16(12)18)7-8-17(15)19-20-11-13-5-3-2-4-6-13/h2-6,9-10H,7-8,11H2,1H3/b19-17-. The van der Waals surface area contributed by atoms with Gasteiger partial charge in [-0.3, -0.25) is 0 Å². The van der Waals surface area contributed by atoms with Gasteiger partial charge in [0.05, 0.1) is 5.71 Å². The highest BCUT2D eigenvalue weighted by Gasteiger charge is 2.19. The Morgan fingerprint density at radius 1 is 1.15 bits per heavy atom. The van der Waals surface area contributed by atoms with Gasteiger partial charge in [-0.2, -0.15) is 0 Å². The van der Waals surface area contributed by atoms with Crippen molar-refractivity contribution >= 4 is 21.6 Å². The minimum Gasteiger partial charge on any atom is -0.391 e. The smallest absolute Gasteiger partial charge is 0.142 e. The Labute approximate surface area is 127 Å². The molecule has 0 aliphatic heterocycles. The van der Waals surface area contributed by atoms with E-state index in [1.54, 1.807) is 0 Å². The Morgan fingerprint density at radius 2 is 1.95 bits per heavy atom. The zero-order valence-electron chi connectivity index (χ0n) is 11.4. The molecule has 0 bridgehead atoms. The van der Waals surface area contributed by atoms with E-state index in [2.05, 4.69) is 40.1 Å². The van der Waals surface area contributed by atoms with Gasteiger partial charge >= 0.3 is 0 Å². The van der Waals surface area contributed by atoms with Gasteiger partial charge in [0.1, 0.15) is 6.61 Å². The molecule has 102 valence electrons. The second kappa shape index (κ2) is 5.80. The van der Waals surface area contributed by atoms with Crippen LogP contribution in [0.3, 0.4) is 0 Å². The minimum atomic E-state index is 0.523. The molecule has 0 atom stereocenters. The fourth-order valence-electron chi connectivity index (χ4n) is 2.44. The van der Waals surface area contributed by atoms with Crippen LogP contribution in [0.2, 0.25) is 0 Å². The first-order chi connectivity index (χ1) is 9.74. The van der Waals surface area contributed by atoms with Gasteiger partial charge in [0.15, 0.2) is 0 Å². The van der Waals surface area contributed by atoms with Crippen LogP contribution in [-0.4, -0.2) is 5.71 Å². The summed E-state index contributed by atoms with van der Waals surface area (Å²) in [6.07, 6.45) is 2.00. The van der Waals surface area contributed by atoms with E-state index in [4.69, 9.17) is 4.84 Å². The van der Waals surface area contributed by atoms with Gasteiger partial charge in [-0.25, -0.2) is 0 Å². The molecule has 1 aliphatic carbocycles. The average Bonchev–Trinajstić information content (AvgIpc) is 2.83. The highest BCUT2D eigenvalue weighted by atomic mass is 79.9. The van der Waals surface area contributed by atoms with Crippen LogP contribution in [0.15, 0.2) is 52.1 Å². The van der Waals surface area contributed by atoms with E-state index in [1.807, 2.05) is 30.3 Å². The average molecular weight is 330 g/mol. The number of fused-ring (bicyclic) bond motifs is 1. The summed E-state index contributed by atoms with van der Waals surface area (Å²) in [6, 6.07) is 14.5. The van der Waals surface area contributed by atoms with Crippen molar-refractivity contribution in [2.75, 3.05) is 0 Å². The second-order valence-corrected chi connectivity index (χ2v) is 5.91. The fourth-order valence-corrected chi connectivity index (χ4v) is 2.83. The highest BCUT2D eigenvalue weighted by Crippen LogP contribution is 2.28. The predicted octanol–water partition coefficient (Wildman–Crippen LogP) is 4.62. The molecule has 2 nitrogen and oxygen atoms in total. The SMILES string of the molecule is Cc1cc2c(cc1Br)CC/C2=N/OCc1ccccc1. The molecule has 1 aliphatic rings. The lowest BCUT2D eigenvalue weighted by atomic mass is 10.1. The molecule has 2 aromatic carbocycles. The molecule has 0 radical (unpaired) electrons. The first-order valence-electron chi connectivity index (χ1n) is 6.76. The number of aryl methyl sites for hydroxylation is 2. The summed E-state index contributed by atoms with van der Waals surface area (Å²) in [5.74, 6) is 0. The number of oxime groups is 1. The first kappa shape index (κ1) is 13.4. The predicted molar refractivity (Wildman–Crippen MR) is 85.0 cm³/mol. The van der Waals surface area contributed by atoms with Crippen molar-refractivity contribution in [3.63, 3.8) is 0 Å². The molecular formula is C17H16BrNO. The summed E-state index contributed by atoms with van der Waals surface area (Å²) in [6.45, 7) is 2.63. The van der Waals surface area contributed by atoms with Crippen LogP contribution < -0.4 is 0 Å². The Bertz CT molecular complexity index is 650. The van der Waals surface area contributed by atoms with Crippen LogP contribution in [0.4, 0.5) is 0 Å². The lowest BCUT2D eigenvalue weighted by Gasteiger charge is -2.05. The number of benzene rings is 2. The van der Waals surface area contributed by atoms with Gasteiger partial charge in [-0.15, -0.1) is 0 Å². The summed E-state index contributed by atoms with van der Waals surface area (Å²) in [5.41, 5.74) is 6.03. The number of halogens is 1. The third-order valence-corrected chi connectivity index (χ3v) is 4.43. The van der Waals surface area contributed by atoms with Crippen LogP contribution in [-0.2, 0) is 17.9 Å². The monoisotopic (exact) mass is 329 g/mol. The van der Waals surface area contributed by atoms with Gasteiger partial charge < -0.3 is 4.84 Å². The zero-order valence-corrected chi connectivity index (χ0v) is 13.0. The third kappa shape index (κ3) is 2.78. The minimum absolute atomic E-state index is 0.523. The molecule has 0 saturated carbocycles. The van der Waals surface area contributed by atoms with Crippen molar-refractivity contribution in [3.05, 3.63) is 69.2 Å². The molecule has 0 aromatic heterocycles. The molecular weight excluding hydrogens is 314 g/mol. The molecule has 0 amide bonds. The summed E-state index contributed by atoms with van der Waals surface area (Å²) < 4.78 is 1.17. The Kier molecular flexibility index (Phi) is 3.88. The molecule has 0 saturated heterocycles. The van der Waals surface area contributed by atoms with Crippen LogP contribution in [0.1, 0.15) is 28.7 Å². The normalized spacial score (nSPS) is 15.4. The van der Waals surface area contributed by atoms with E-state index in [9.17, 15) is 0 Å². The summed E-state index contributed by atoms with van der Waals surface area (Å²) in [4.78, 5) is 5.51. The third-order valence-electron chi connectivity index (χ3n) is 3.58. The molecule has 0 heterocycles. The number of rotatable bonds is 3. The molecule has 0 N–H and O–H groups in total. The van der Waals surface area contributed by atoms with Gasteiger partial charge in [0.25, 0.3) is 0 Å². The fraction of sp³-hybridized carbons (Fsp3) is 0.235. The topological polar surface area (TPSA) is 21.6 Å². The summed E-state index contributed by atoms with van der Waals surface area (Å²) in [7, 11) is 0. The molecule has 0 fully saturated rings. The first-order valence-corrected chi connectivity index (χ1v) is 7.55. The molecule has 3 rings (SSSR count). The van der Waals surface area contributed by atoms with Crippen LogP contribution in [0.25, 0.3) is 0 Å². The van der Waals surface area contributed by atoms with E-state index in [1.165, 1.54) is 21.2 Å². The van der Waals surface area contributed by atoms with E-state index in [-0.39, 0.29) is 0 Å². The molecule has 20 heavy (non-hydrogen) atoms. The van der Waals surface area contributed by atoms with Crippen LogP contribution in [0, 0.1) is 6.92 Å². The van der Waals surface area contributed by atoms with E-state index in [0.29, 0.717) is 6.61 Å². The van der Waals surface area contributed by atoms with Crippen molar-refractivity contribution < 1.29 is 4.84 Å². The van der Waals surface area contributed by atoms with E-state index >= 15 is 0 Å². The van der Waals surface area contributed by atoms with Gasteiger partial charge in [0.2, 0.25) is 0 Å². The molecule has 3 heteroatoms. The zero-order chi connectivity index (χ0) is 13.9. The highest BCUT2D eigenvalue weighted by molar-refractivity contribution is 9.10. The van der Waals surface area contributed by atoms with E-state index in [0.717, 1.165) is 24.1 Å². The van der Waals surface area contributed by atoms with Crippen LogP contribution >= 0.6 is 15.9 Å². The molecule has 0 unspecified atom stereocenters. The lowest BCUT2D eigenvalue weighted by Crippen LogP contribution is -1.98. The van der Waals surface area contributed by atoms with Gasteiger partial charge in [0, 0.05) is 10.0 Å². The number of hydrogen-bond acceptors (Lipinski definition) is 2. The maximum atomic E-state index is 5.51. The molecule has 0 spiro atoms. The Hall–Kier alpha value is -1.61. The second-order valence-electron chi connectivity index (χ2n) is 5.06. The maximum Gasteiger partial charge on any atom is 0.142 e. The molecule has 2 aromatic rings. The van der Waals surface area contributed by atoms with Gasteiger partial charge in [-0.05, 0) is 48.6 Å². The maximum absolute atomic E-state index is 5.51. The lowest BCUT2D eigenvalue weighted by molar-refractivity contribution is 0.130. The van der Waals surface area contributed by atoms with Crippen LogP contribution in [0.5, 0.6) is 0 Å². The van der Waals surface area contributed by atoms with Gasteiger partial charge in [-0.1, -0.05) is 51.4 Å². The van der Waals surface area contributed by atoms with E-state index < -0.39 is 0 Å². The largest absolute Gasteiger partial charge is 0.391 e. The van der Waals surface area contributed by atoms with Crippen molar-refractivity contribution in [2.45, 2.75) is 26.4 Å². The Morgan fingerprint density at radius 3 is 2.75 bits per heavy atom. The van der Waals surface area contributed by atoms with Crippen molar-refractivity contribution in [2.24, 2.45) is 5.16 Å². The Balaban J connectivity index is 1.74. The van der Waals surface area contributed by atoms with Crippen molar-refractivity contribution in [3.8, 4) is 0 Å². The quantitative estimate of drug-likeness (QED) is 0.752. The summed E-state index contributed by atoms with van der Waals surface area (Å²) in [5, 5.41) is 4.33. The van der Waals surface area contributed by atoms with Crippen molar-refractivity contribution in [1.82, 2.24) is 0 Å². The number of nitrogens with zero attached hydrogens (tertiary/aromatic N) is 1. The number of hydrogen-bond donors (Lipinski definition) is 0.